The number of sulfone groups is 1. The summed E-state index contributed by atoms with van der Waals surface area (Å²) in [6, 6.07) is 11.0. The summed E-state index contributed by atoms with van der Waals surface area (Å²) in [6.07, 6.45) is 0.0943. The van der Waals surface area contributed by atoms with Crippen LogP contribution in [0.25, 0.3) is 0 Å². The Kier molecular flexibility index (Phi) is 5.73. The number of hydrogen-bond acceptors (Lipinski definition) is 7. The first kappa shape index (κ1) is 20.6. The van der Waals surface area contributed by atoms with Gasteiger partial charge in [-0.15, -0.1) is 0 Å². The van der Waals surface area contributed by atoms with Gasteiger partial charge in [0, 0.05) is 24.8 Å². The number of carbonyl (C=O) groups is 1. The van der Waals surface area contributed by atoms with Crippen molar-refractivity contribution in [3.05, 3.63) is 58.1 Å². The highest BCUT2D eigenvalue weighted by Crippen LogP contribution is 2.38. The molecule has 1 aliphatic heterocycles. The Morgan fingerprint density at radius 3 is 2.48 bits per heavy atom. The lowest BCUT2D eigenvalue weighted by Gasteiger charge is -2.34. The summed E-state index contributed by atoms with van der Waals surface area (Å²) in [4.78, 5) is 25.0. The van der Waals surface area contributed by atoms with Crippen molar-refractivity contribution in [2.45, 2.75) is 19.1 Å². The fourth-order valence-electron chi connectivity index (χ4n) is 3.01. The van der Waals surface area contributed by atoms with Crippen LogP contribution in [0.5, 0.6) is 11.5 Å². The lowest BCUT2D eigenvalue weighted by Crippen LogP contribution is -2.46. The van der Waals surface area contributed by atoms with E-state index in [1.165, 1.54) is 23.1 Å². The van der Waals surface area contributed by atoms with Gasteiger partial charge >= 0.3 is 0 Å². The van der Waals surface area contributed by atoms with Gasteiger partial charge in [0.1, 0.15) is 21.3 Å². The molecule has 0 saturated carbocycles. The van der Waals surface area contributed by atoms with Crippen molar-refractivity contribution in [1.29, 1.82) is 0 Å². The highest BCUT2D eigenvalue weighted by atomic mass is 32.2. The summed E-state index contributed by atoms with van der Waals surface area (Å²) in [5.74, 6) is 0.297. The number of fused-ring (bicyclic) bond motifs is 1. The van der Waals surface area contributed by atoms with Crippen molar-refractivity contribution in [1.82, 2.24) is 0 Å². The van der Waals surface area contributed by atoms with Crippen molar-refractivity contribution in [2.24, 2.45) is 0 Å². The van der Waals surface area contributed by atoms with Crippen LogP contribution in [0, 0.1) is 10.1 Å². The van der Waals surface area contributed by atoms with E-state index in [4.69, 9.17) is 9.47 Å². The fraction of sp³-hybridized carbons (Fsp3) is 0.316. The minimum atomic E-state index is -3.28. The van der Waals surface area contributed by atoms with Crippen LogP contribution in [0.3, 0.4) is 0 Å². The monoisotopic (exact) mass is 420 g/mol. The summed E-state index contributed by atoms with van der Waals surface area (Å²) < 4.78 is 33.8. The average Bonchev–Trinajstić information content (AvgIpc) is 2.68. The third kappa shape index (κ3) is 4.83. The van der Waals surface area contributed by atoms with E-state index in [-0.39, 0.29) is 30.1 Å². The van der Waals surface area contributed by atoms with E-state index in [0.717, 1.165) is 11.8 Å². The van der Waals surface area contributed by atoms with Gasteiger partial charge in [0.25, 0.3) is 11.6 Å². The minimum Gasteiger partial charge on any atom is -0.497 e. The van der Waals surface area contributed by atoms with Gasteiger partial charge < -0.3 is 14.4 Å². The third-order valence-electron chi connectivity index (χ3n) is 4.51. The molecule has 1 unspecified atom stereocenters. The van der Waals surface area contributed by atoms with E-state index < -0.39 is 26.8 Å². The van der Waals surface area contributed by atoms with Crippen LogP contribution in [0.15, 0.2) is 42.5 Å². The second-order valence-corrected chi connectivity index (χ2v) is 8.97. The number of amides is 1. The zero-order valence-electron chi connectivity index (χ0n) is 15.9. The van der Waals surface area contributed by atoms with E-state index in [9.17, 15) is 23.3 Å². The maximum atomic E-state index is 13.0. The molecule has 1 atom stereocenters. The molecule has 0 saturated heterocycles. The third-order valence-corrected chi connectivity index (χ3v) is 5.48. The summed E-state index contributed by atoms with van der Waals surface area (Å²) in [7, 11) is -1.74. The first-order valence-corrected chi connectivity index (χ1v) is 10.8. The van der Waals surface area contributed by atoms with E-state index >= 15 is 0 Å². The predicted octanol–water partition coefficient (Wildman–Crippen LogP) is 2.33. The molecule has 2 aromatic rings. The SMILES string of the molecule is COc1ccc(CN2C(=O)C(CCS(C)(=O)=O)Oc3ccc([N+](=O)[O-])cc32)cc1. The van der Waals surface area contributed by atoms with Gasteiger partial charge in [0.05, 0.1) is 30.0 Å². The first-order valence-electron chi connectivity index (χ1n) is 8.75. The quantitative estimate of drug-likeness (QED) is 0.498. The topological polar surface area (TPSA) is 116 Å². The van der Waals surface area contributed by atoms with Crippen molar-refractivity contribution >= 4 is 27.1 Å². The van der Waals surface area contributed by atoms with Crippen LogP contribution in [-0.2, 0) is 21.2 Å². The molecule has 2 aromatic carbocycles. The summed E-state index contributed by atoms with van der Waals surface area (Å²) >= 11 is 0. The highest BCUT2D eigenvalue weighted by molar-refractivity contribution is 7.90. The van der Waals surface area contributed by atoms with Gasteiger partial charge in [0.2, 0.25) is 0 Å². The molecule has 0 aliphatic carbocycles. The Labute approximate surface area is 167 Å². The van der Waals surface area contributed by atoms with Crippen molar-refractivity contribution in [2.75, 3.05) is 24.0 Å². The summed E-state index contributed by atoms with van der Waals surface area (Å²) in [5.41, 5.74) is 0.880. The Morgan fingerprint density at radius 2 is 1.90 bits per heavy atom. The number of carbonyl (C=O) groups excluding carboxylic acids is 1. The smallest absolute Gasteiger partial charge is 0.271 e. The number of benzene rings is 2. The van der Waals surface area contributed by atoms with E-state index in [1.54, 1.807) is 31.4 Å². The highest BCUT2D eigenvalue weighted by Gasteiger charge is 2.36. The van der Waals surface area contributed by atoms with Gasteiger partial charge in [-0.3, -0.25) is 14.9 Å². The molecule has 1 aliphatic rings. The van der Waals surface area contributed by atoms with Gasteiger partial charge in [-0.1, -0.05) is 12.1 Å². The maximum Gasteiger partial charge on any atom is 0.271 e. The molecular formula is C19H20N2O7S. The molecule has 0 radical (unpaired) electrons. The minimum absolute atomic E-state index is 0.00674. The number of anilines is 1. The zero-order chi connectivity index (χ0) is 21.2. The number of nitrogens with zero attached hydrogens (tertiary/aromatic N) is 2. The Bertz CT molecular complexity index is 1040. The second-order valence-electron chi connectivity index (χ2n) is 6.71. The van der Waals surface area contributed by atoms with Crippen LogP contribution in [0.1, 0.15) is 12.0 Å². The number of nitro groups is 1. The van der Waals surface area contributed by atoms with Crippen LogP contribution in [0.2, 0.25) is 0 Å². The first-order chi connectivity index (χ1) is 13.7. The molecule has 29 heavy (non-hydrogen) atoms. The molecule has 0 N–H and O–H groups in total. The average molecular weight is 420 g/mol. The van der Waals surface area contributed by atoms with Gasteiger partial charge in [-0.2, -0.15) is 0 Å². The molecule has 3 rings (SSSR count). The van der Waals surface area contributed by atoms with Crippen molar-refractivity contribution < 1.29 is 27.6 Å². The normalized spacial score (nSPS) is 16.1. The number of non-ortho nitro benzene ring substituents is 1. The fourth-order valence-corrected chi connectivity index (χ4v) is 3.65. The molecule has 1 heterocycles. The number of nitro benzene ring substituents is 1. The van der Waals surface area contributed by atoms with Crippen LogP contribution >= 0.6 is 0 Å². The van der Waals surface area contributed by atoms with Crippen LogP contribution < -0.4 is 14.4 Å². The van der Waals surface area contributed by atoms with E-state index in [2.05, 4.69) is 0 Å². The number of ether oxygens (including phenoxy) is 2. The molecule has 10 heteroatoms. The molecule has 0 fully saturated rings. The van der Waals surface area contributed by atoms with E-state index in [1.807, 2.05) is 0 Å². The molecule has 1 amide bonds. The van der Waals surface area contributed by atoms with Crippen LogP contribution in [0.4, 0.5) is 11.4 Å². The van der Waals surface area contributed by atoms with Gasteiger partial charge in [-0.25, -0.2) is 8.42 Å². The summed E-state index contributed by atoms with van der Waals surface area (Å²) in [6.45, 7) is 0.149. The second kappa shape index (κ2) is 8.08. The Morgan fingerprint density at radius 1 is 1.21 bits per heavy atom. The molecule has 0 spiro atoms. The molecule has 154 valence electrons. The van der Waals surface area contributed by atoms with Crippen LogP contribution in [-0.4, -0.2) is 44.5 Å². The van der Waals surface area contributed by atoms with Gasteiger partial charge in [-0.05, 0) is 23.8 Å². The number of rotatable bonds is 7. The molecular weight excluding hydrogens is 400 g/mol. The van der Waals surface area contributed by atoms with Crippen molar-refractivity contribution in [3.63, 3.8) is 0 Å². The lowest BCUT2D eigenvalue weighted by molar-refractivity contribution is -0.384. The summed E-state index contributed by atoms with van der Waals surface area (Å²) in [5, 5.41) is 11.2. The van der Waals surface area contributed by atoms with E-state index in [0.29, 0.717) is 11.5 Å². The lowest BCUT2D eigenvalue weighted by atomic mass is 10.1. The Balaban J connectivity index is 1.96. The zero-order valence-corrected chi connectivity index (χ0v) is 16.7. The number of hydrogen-bond donors (Lipinski definition) is 0. The maximum absolute atomic E-state index is 13.0. The standard InChI is InChI=1S/C19H20N2O7S/c1-27-15-6-3-13(4-7-15)12-20-16-11-14(21(23)24)5-8-17(16)28-18(19(20)22)9-10-29(2,25)26/h3-8,11,18H,9-10,12H2,1-2H3. The molecule has 0 bridgehead atoms. The Hall–Kier alpha value is -3.14. The van der Waals surface area contributed by atoms with Crippen molar-refractivity contribution in [3.8, 4) is 11.5 Å². The number of methoxy groups -OCH3 is 1. The van der Waals surface area contributed by atoms with Gasteiger partial charge in [0.15, 0.2) is 6.10 Å². The molecule has 0 aromatic heterocycles. The largest absolute Gasteiger partial charge is 0.497 e. The predicted molar refractivity (Wildman–Crippen MR) is 106 cm³/mol. The molecule has 9 nitrogen and oxygen atoms in total.